The molecule has 21 heavy (non-hydrogen) atoms. The van der Waals surface area contributed by atoms with Gasteiger partial charge < -0.3 is 5.73 Å². The molecule has 0 bridgehead atoms. The fraction of sp³-hybridized carbons (Fsp3) is 0.600. The quantitative estimate of drug-likeness (QED) is 0.840. The van der Waals surface area contributed by atoms with Gasteiger partial charge in [-0.25, -0.2) is 13.4 Å². The van der Waals surface area contributed by atoms with Crippen LogP contribution >= 0.6 is 0 Å². The Hall–Kier alpha value is -1.11. The summed E-state index contributed by atoms with van der Waals surface area (Å²) in [5.41, 5.74) is 8.12. The highest BCUT2D eigenvalue weighted by molar-refractivity contribution is 7.89. The van der Waals surface area contributed by atoms with Crippen LogP contribution in [0.1, 0.15) is 44.2 Å². The molecule has 118 valence electrons. The van der Waals surface area contributed by atoms with E-state index in [1.807, 2.05) is 32.7 Å². The Labute approximate surface area is 127 Å². The minimum Gasteiger partial charge on any atom is -0.398 e. The molecule has 1 aliphatic rings. The molecule has 1 heterocycles. The van der Waals surface area contributed by atoms with Gasteiger partial charge in [0.2, 0.25) is 0 Å². The van der Waals surface area contributed by atoms with Gasteiger partial charge in [-0.15, -0.1) is 4.83 Å². The van der Waals surface area contributed by atoms with Gasteiger partial charge in [0.25, 0.3) is 10.0 Å². The molecule has 0 aromatic heterocycles. The Morgan fingerprint density at radius 2 is 1.67 bits per heavy atom. The van der Waals surface area contributed by atoms with Crippen molar-refractivity contribution in [1.82, 2.24) is 9.84 Å². The van der Waals surface area contributed by atoms with E-state index in [0.29, 0.717) is 5.69 Å². The molecule has 0 aliphatic carbocycles. The van der Waals surface area contributed by atoms with E-state index in [4.69, 9.17) is 5.73 Å². The third kappa shape index (κ3) is 3.39. The lowest BCUT2D eigenvalue weighted by Gasteiger charge is -2.38. The van der Waals surface area contributed by atoms with Crippen LogP contribution in [0.2, 0.25) is 0 Å². The number of nitrogen functional groups attached to an aromatic ring is 1. The topological polar surface area (TPSA) is 75.4 Å². The Kier molecular flexibility index (Phi) is 4.60. The minimum atomic E-state index is -3.64. The van der Waals surface area contributed by atoms with E-state index in [0.717, 1.165) is 30.4 Å². The van der Waals surface area contributed by atoms with E-state index in [9.17, 15) is 8.42 Å². The molecule has 1 aromatic rings. The van der Waals surface area contributed by atoms with Crippen LogP contribution in [0, 0.1) is 13.8 Å². The summed E-state index contributed by atoms with van der Waals surface area (Å²) in [4.78, 5) is 2.89. The van der Waals surface area contributed by atoms with Gasteiger partial charge in [-0.2, -0.15) is 0 Å². The van der Waals surface area contributed by atoms with Gasteiger partial charge in [-0.3, -0.25) is 0 Å². The molecule has 0 amide bonds. The number of anilines is 1. The standard InChI is InChI=1S/C15H25N3O2S/c1-10-8-14(16)15(9-11(10)2)21(19,20)17-18-12(3)6-5-7-13(18)4/h8-9,12-13,17H,5-7,16H2,1-4H3. The van der Waals surface area contributed by atoms with Gasteiger partial charge in [0.05, 0.1) is 5.69 Å². The largest absolute Gasteiger partial charge is 0.398 e. The fourth-order valence-corrected chi connectivity index (χ4v) is 4.27. The van der Waals surface area contributed by atoms with Crippen LogP contribution in [0.3, 0.4) is 0 Å². The average molecular weight is 311 g/mol. The number of hydrazine groups is 1. The molecule has 2 unspecified atom stereocenters. The molecule has 6 heteroatoms. The molecule has 0 spiro atoms. The number of nitrogens with zero attached hydrogens (tertiary/aromatic N) is 1. The average Bonchev–Trinajstić information content (AvgIpc) is 2.38. The zero-order chi connectivity index (χ0) is 15.8. The van der Waals surface area contributed by atoms with Crippen molar-refractivity contribution >= 4 is 15.7 Å². The number of nitrogens with one attached hydrogen (secondary N) is 1. The van der Waals surface area contributed by atoms with E-state index in [2.05, 4.69) is 4.83 Å². The van der Waals surface area contributed by atoms with Gasteiger partial charge in [0, 0.05) is 12.1 Å². The number of hydrogen-bond acceptors (Lipinski definition) is 4. The maximum Gasteiger partial charge on any atom is 0.255 e. The zero-order valence-corrected chi connectivity index (χ0v) is 14.0. The lowest BCUT2D eigenvalue weighted by atomic mass is 10.0. The summed E-state index contributed by atoms with van der Waals surface area (Å²) in [5.74, 6) is 0. The molecular formula is C15H25N3O2S. The second-order valence-electron chi connectivity index (χ2n) is 6.11. The van der Waals surface area contributed by atoms with Crippen molar-refractivity contribution in [2.45, 2.75) is 63.9 Å². The summed E-state index contributed by atoms with van der Waals surface area (Å²) >= 11 is 0. The third-order valence-corrected chi connectivity index (χ3v) is 5.72. The van der Waals surface area contributed by atoms with Crippen LogP contribution in [0.15, 0.2) is 17.0 Å². The van der Waals surface area contributed by atoms with Crippen LogP contribution in [0.25, 0.3) is 0 Å². The lowest BCUT2D eigenvalue weighted by Crippen LogP contribution is -2.54. The van der Waals surface area contributed by atoms with Crippen molar-refractivity contribution < 1.29 is 8.42 Å². The Balaban J connectivity index is 2.32. The van der Waals surface area contributed by atoms with E-state index >= 15 is 0 Å². The first kappa shape index (κ1) is 16.3. The van der Waals surface area contributed by atoms with Crippen molar-refractivity contribution in [1.29, 1.82) is 0 Å². The molecule has 1 fully saturated rings. The minimum absolute atomic E-state index is 0.163. The number of piperidine rings is 1. The molecule has 1 aromatic carbocycles. The molecule has 1 saturated heterocycles. The van der Waals surface area contributed by atoms with Gasteiger partial charge in [0.15, 0.2) is 0 Å². The van der Waals surface area contributed by atoms with Crippen molar-refractivity contribution in [3.63, 3.8) is 0 Å². The number of nitrogens with two attached hydrogens (primary N) is 1. The zero-order valence-electron chi connectivity index (χ0n) is 13.2. The summed E-state index contributed by atoms with van der Waals surface area (Å²) < 4.78 is 25.3. The van der Waals surface area contributed by atoms with Crippen molar-refractivity contribution in [3.8, 4) is 0 Å². The molecule has 1 aliphatic heterocycles. The molecular weight excluding hydrogens is 286 g/mol. The predicted molar refractivity (Wildman–Crippen MR) is 85.3 cm³/mol. The Bertz CT molecular complexity index is 618. The molecule has 3 N–H and O–H groups in total. The fourth-order valence-electron chi connectivity index (χ4n) is 2.83. The number of rotatable bonds is 3. The summed E-state index contributed by atoms with van der Waals surface area (Å²) in [7, 11) is -3.64. The van der Waals surface area contributed by atoms with Crippen LogP contribution in [-0.4, -0.2) is 25.5 Å². The van der Waals surface area contributed by atoms with E-state index < -0.39 is 10.0 Å². The number of aryl methyl sites for hydroxylation is 2. The third-order valence-electron chi connectivity index (χ3n) is 4.33. The van der Waals surface area contributed by atoms with Crippen LogP contribution in [0.5, 0.6) is 0 Å². The summed E-state index contributed by atoms with van der Waals surface area (Å²) in [6, 6.07) is 3.74. The maximum atomic E-state index is 12.6. The highest BCUT2D eigenvalue weighted by Crippen LogP contribution is 2.25. The maximum absolute atomic E-state index is 12.6. The lowest BCUT2D eigenvalue weighted by molar-refractivity contribution is 0.0790. The number of benzene rings is 1. The first-order valence-electron chi connectivity index (χ1n) is 7.40. The van der Waals surface area contributed by atoms with Gasteiger partial charge in [-0.05, 0) is 63.8 Å². The SMILES string of the molecule is Cc1cc(N)c(S(=O)(=O)NN2C(C)CCCC2C)cc1C. The van der Waals surface area contributed by atoms with Crippen molar-refractivity contribution in [2.24, 2.45) is 0 Å². The van der Waals surface area contributed by atoms with Gasteiger partial charge >= 0.3 is 0 Å². The molecule has 0 saturated carbocycles. The Morgan fingerprint density at radius 3 is 2.24 bits per heavy atom. The first-order chi connectivity index (χ1) is 9.72. The molecule has 0 radical (unpaired) electrons. The predicted octanol–water partition coefficient (Wildman–Crippen LogP) is 2.34. The first-order valence-corrected chi connectivity index (χ1v) is 8.88. The van der Waals surface area contributed by atoms with Crippen molar-refractivity contribution in [3.05, 3.63) is 23.3 Å². The number of sulfonamides is 1. The highest BCUT2D eigenvalue weighted by atomic mass is 32.2. The monoisotopic (exact) mass is 311 g/mol. The molecule has 2 atom stereocenters. The summed E-state index contributed by atoms with van der Waals surface area (Å²) in [6.45, 7) is 7.90. The van der Waals surface area contributed by atoms with Gasteiger partial charge in [0.1, 0.15) is 4.90 Å². The molecule has 5 nitrogen and oxygen atoms in total. The van der Waals surface area contributed by atoms with E-state index in [1.54, 1.807) is 12.1 Å². The smallest absolute Gasteiger partial charge is 0.255 e. The number of hydrogen-bond donors (Lipinski definition) is 2. The van der Waals surface area contributed by atoms with Crippen LogP contribution < -0.4 is 10.6 Å². The second kappa shape index (κ2) is 5.94. The van der Waals surface area contributed by atoms with Crippen LogP contribution in [0.4, 0.5) is 5.69 Å². The van der Waals surface area contributed by atoms with Crippen LogP contribution in [-0.2, 0) is 10.0 Å². The molecule has 2 rings (SSSR count). The van der Waals surface area contributed by atoms with E-state index in [1.165, 1.54) is 0 Å². The normalized spacial score (nSPS) is 24.2. The van der Waals surface area contributed by atoms with Gasteiger partial charge in [-0.1, -0.05) is 6.42 Å². The summed E-state index contributed by atoms with van der Waals surface area (Å²) in [5, 5.41) is 1.84. The van der Waals surface area contributed by atoms with E-state index in [-0.39, 0.29) is 17.0 Å². The Morgan fingerprint density at radius 1 is 1.14 bits per heavy atom. The highest BCUT2D eigenvalue weighted by Gasteiger charge is 2.30. The van der Waals surface area contributed by atoms with Crippen molar-refractivity contribution in [2.75, 3.05) is 5.73 Å². The summed E-state index contributed by atoms with van der Waals surface area (Å²) in [6.07, 6.45) is 3.12. The second-order valence-corrected chi connectivity index (χ2v) is 7.73.